The van der Waals surface area contributed by atoms with E-state index in [0.29, 0.717) is 31.6 Å². The molecule has 0 bridgehead atoms. The van der Waals surface area contributed by atoms with Gasteiger partial charge in [0.05, 0.1) is 12.5 Å². The maximum absolute atomic E-state index is 12.8. The van der Waals surface area contributed by atoms with Crippen molar-refractivity contribution >= 4 is 33.3 Å². The molecule has 4 rings (SSSR count). The first-order chi connectivity index (χ1) is 15.0. The molecule has 1 atom stereocenters. The summed E-state index contributed by atoms with van der Waals surface area (Å²) in [4.78, 5) is 12.7. The Morgan fingerprint density at radius 1 is 1.29 bits per heavy atom. The number of thiophene rings is 1. The molecule has 0 saturated carbocycles. The van der Waals surface area contributed by atoms with E-state index in [9.17, 15) is 13.2 Å². The van der Waals surface area contributed by atoms with E-state index < -0.39 is 15.9 Å². The van der Waals surface area contributed by atoms with Crippen molar-refractivity contribution in [3.8, 4) is 17.2 Å². The van der Waals surface area contributed by atoms with Crippen LogP contribution >= 0.6 is 11.3 Å². The van der Waals surface area contributed by atoms with Crippen LogP contribution in [-0.2, 0) is 14.8 Å². The van der Waals surface area contributed by atoms with Crippen molar-refractivity contribution in [3.63, 3.8) is 0 Å². The van der Waals surface area contributed by atoms with Crippen LogP contribution in [0.2, 0.25) is 0 Å². The van der Waals surface area contributed by atoms with Crippen molar-refractivity contribution in [1.29, 1.82) is 0 Å². The molecule has 1 aromatic carbocycles. The van der Waals surface area contributed by atoms with E-state index in [-0.39, 0.29) is 28.6 Å². The van der Waals surface area contributed by atoms with Gasteiger partial charge in [-0.05, 0) is 55.5 Å². The van der Waals surface area contributed by atoms with E-state index in [0.717, 1.165) is 5.75 Å². The van der Waals surface area contributed by atoms with E-state index in [4.69, 9.17) is 9.15 Å². The van der Waals surface area contributed by atoms with Gasteiger partial charge < -0.3 is 9.15 Å². The van der Waals surface area contributed by atoms with Crippen molar-refractivity contribution in [3.05, 3.63) is 41.8 Å². The summed E-state index contributed by atoms with van der Waals surface area (Å²) in [6.45, 7) is 2.99. The number of anilines is 1. The zero-order chi connectivity index (χ0) is 21.8. The highest BCUT2D eigenvalue weighted by Gasteiger charge is 2.34. The number of carbonyl (C=O) groups is 1. The molecular formula is C20H22N4O5S2. The Bertz CT molecular complexity index is 1130. The molecule has 1 N–H and O–H groups in total. The molecule has 164 valence electrons. The predicted molar refractivity (Wildman–Crippen MR) is 115 cm³/mol. The third-order valence-corrected chi connectivity index (χ3v) is 8.15. The monoisotopic (exact) mass is 462 g/mol. The normalized spacial score (nSPS) is 17.4. The Balaban J connectivity index is 1.40. The van der Waals surface area contributed by atoms with E-state index in [1.165, 1.54) is 15.6 Å². The Hall–Kier alpha value is -2.76. The van der Waals surface area contributed by atoms with Gasteiger partial charge in [-0.25, -0.2) is 8.42 Å². The lowest BCUT2D eigenvalue weighted by Gasteiger charge is -2.30. The Morgan fingerprint density at radius 3 is 2.81 bits per heavy atom. The number of carbonyl (C=O) groups excluding carboxylic acids is 1. The van der Waals surface area contributed by atoms with Gasteiger partial charge in [0.1, 0.15) is 9.96 Å². The van der Waals surface area contributed by atoms with Gasteiger partial charge in [0, 0.05) is 18.7 Å². The summed E-state index contributed by atoms with van der Waals surface area (Å²) in [5.74, 6) is 0.167. The van der Waals surface area contributed by atoms with E-state index in [1.54, 1.807) is 41.8 Å². The number of piperidine rings is 1. The highest BCUT2D eigenvalue weighted by Crippen LogP contribution is 2.27. The molecule has 1 unspecified atom stereocenters. The van der Waals surface area contributed by atoms with Gasteiger partial charge in [0.15, 0.2) is 0 Å². The average molecular weight is 463 g/mol. The summed E-state index contributed by atoms with van der Waals surface area (Å²) in [5.41, 5.74) is 0.697. The smallest absolute Gasteiger partial charge is 0.322 e. The molecule has 0 radical (unpaired) electrons. The van der Waals surface area contributed by atoms with Gasteiger partial charge in [0.2, 0.25) is 11.8 Å². The van der Waals surface area contributed by atoms with Crippen LogP contribution in [0.25, 0.3) is 11.5 Å². The molecule has 1 saturated heterocycles. The average Bonchev–Trinajstić information content (AvgIpc) is 3.47. The molecule has 3 heterocycles. The number of benzene rings is 1. The zero-order valence-corrected chi connectivity index (χ0v) is 18.5. The van der Waals surface area contributed by atoms with Crippen molar-refractivity contribution < 1.29 is 22.4 Å². The maximum Gasteiger partial charge on any atom is 0.322 e. The van der Waals surface area contributed by atoms with Crippen LogP contribution in [0, 0.1) is 5.92 Å². The summed E-state index contributed by atoms with van der Waals surface area (Å²) < 4.78 is 38.1. The van der Waals surface area contributed by atoms with Crippen LogP contribution in [-0.4, -0.2) is 48.5 Å². The number of hydrogen-bond acceptors (Lipinski definition) is 8. The summed E-state index contributed by atoms with van der Waals surface area (Å²) in [6.07, 6.45) is 1.19. The van der Waals surface area contributed by atoms with E-state index in [1.807, 2.05) is 6.92 Å². The largest absolute Gasteiger partial charge is 0.494 e. The van der Waals surface area contributed by atoms with Gasteiger partial charge in [0.25, 0.3) is 10.0 Å². The molecular weight excluding hydrogens is 440 g/mol. The van der Waals surface area contributed by atoms with Crippen molar-refractivity contribution in [2.45, 2.75) is 24.0 Å². The van der Waals surface area contributed by atoms with Gasteiger partial charge in [-0.3, -0.25) is 10.1 Å². The molecule has 3 aromatic rings. The minimum atomic E-state index is -3.59. The van der Waals surface area contributed by atoms with Gasteiger partial charge >= 0.3 is 6.01 Å². The number of ether oxygens (including phenoxy) is 1. The first-order valence-electron chi connectivity index (χ1n) is 9.88. The Labute approximate surface area is 184 Å². The molecule has 1 aliphatic heterocycles. The second-order valence-corrected chi connectivity index (χ2v) is 10.1. The standard InChI is InChI=1S/C20H22N4O5S2/c1-2-28-16-9-7-14(8-10-16)19-22-23-20(29-19)21-18(25)15-5-3-11-24(13-15)31(26,27)17-6-4-12-30-17/h4,6-10,12,15H,2-3,5,11,13H2,1H3,(H,21,23,25). The maximum atomic E-state index is 12.8. The Kier molecular flexibility index (Phi) is 6.35. The lowest BCUT2D eigenvalue weighted by atomic mass is 9.99. The third-order valence-electron chi connectivity index (χ3n) is 4.91. The lowest BCUT2D eigenvalue weighted by Crippen LogP contribution is -2.43. The minimum Gasteiger partial charge on any atom is -0.494 e. The van der Waals surface area contributed by atoms with Crippen LogP contribution in [0.3, 0.4) is 0 Å². The number of aromatic nitrogens is 2. The first-order valence-corrected chi connectivity index (χ1v) is 12.2. The summed E-state index contributed by atoms with van der Waals surface area (Å²) in [6, 6.07) is 10.4. The molecule has 1 aliphatic rings. The Morgan fingerprint density at radius 2 is 2.10 bits per heavy atom. The molecule has 0 spiro atoms. The van der Waals surface area contributed by atoms with Crippen LogP contribution < -0.4 is 10.1 Å². The zero-order valence-electron chi connectivity index (χ0n) is 16.9. The number of rotatable bonds is 7. The van der Waals surface area contributed by atoms with Crippen LogP contribution in [0.15, 0.2) is 50.4 Å². The second kappa shape index (κ2) is 9.16. The summed E-state index contributed by atoms with van der Waals surface area (Å²) in [7, 11) is -3.59. The third kappa shape index (κ3) is 4.78. The fourth-order valence-electron chi connectivity index (χ4n) is 3.37. The number of hydrogen-bond donors (Lipinski definition) is 1. The second-order valence-electron chi connectivity index (χ2n) is 6.99. The van der Waals surface area contributed by atoms with E-state index >= 15 is 0 Å². The molecule has 31 heavy (non-hydrogen) atoms. The van der Waals surface area contributed by atoms with Crippen molar-refractivity contribution in [2.75, 3.05) is 25.0 Å². The van der Waals surface area contributed by atoms with E-state index in [2.05, 4.69) is 15.5 Å². The SMILES string of the molecule is CCOc1ccc(-c2nnc(NC(=O)C3CCCN(S(=O)(=O)c4cccs4)C3)o2)cc1. The quantitative estimate of drug-likeness (QED) is 0.573. The molecule has 1 fully saturated rings. The number of sulfonamides is 1. The lowest BCUT2D eigenvalue weighted by molar-refractivity contribution is -0.121. The summed E-state index contributed by atoms with van der Waals surface area (Å²) >= 11 is 1.17. The fourth-order valence-corrected chi connectivity index (χ4v) is 6.04. The topological polar surface area (TPSA) is 115 Å². The predicted octanol–water partition coefficient (Wildman–Crippen LogP) is 3.24. The number of nitrogens with zero attached hydrogens (tertiary/aromatic N) is 3. The molecule has 11 heteroatoms. The summed E-state index contributed by atoms with van der Waals surface area (Å²) in [5, 5.41) is 12.2. The van der Waals surface area contributed by atoms with Crippen LogP contribution in [0.5, 0.6) is 5.75 Å². The number of nitrogens with one attached hydrogen (secondary N) is 1. The fraction of sp³-hybridized carbons (Fsp3) is 0.350. The highest BCUT2D eigenvalue weighted by molar-refractivity contribution is 7.91. The van der Waals surface area contributed by atoms with Crippen molar-refractivity contribution in [2.24, 2.45) is 5.92 Å². The minimum absolute atomic E-state index is 0.0212. The van der Waals surface area contributed by atoms with Gasteiger partial charge in [-0.1, -0.05) is 11.2 Å². The van der Waals surface area contributed by atoms with Gasteiger partial charge in [-0.2, -0.15) is 4.31 Å². The molecule has 1 amide bonds. The molecule has 0 aliphatic carbocycles. The van der Waals surface area contributed by atoms with Crippen LogP contribution in [0.4, 0.5) is 6.01 Å². The van der Waals surface area contributed by atoms with Crippen molar-refractivity contribution in [1.82, 2.24) is 14.5 Å². The molecule has 9 nitrogen and oxygen atoms in total. The van der Waals surface area contributed by atoms with Gasteiger partial charge in [-0.15, -0.1) is 16.4 Å². The molecule has 2 aromatic heterocycles. The highest BCUT2D eigenvalue weighted by atomic mass is 32.2. The number of amides is 1. The first kappa shape index (κ1) is 21.5. The van der Waals surface area contributed by atoms with Crippen LogP contribution in [0.1, 0.15) is 19.8 Å².